The van der Waals surface area contributed by atoms with E-state index in [1.54, 1.807) is 0 Å². The summed E-state index contributed by atoms with van der Waals surface area (Å²) in [6, 6.07) is 5.26. The Hall–Kier alpha value is -2.44. The lowest BCUT2D eigenvalue weighted by atomic mass is 10.1. The Labute approximate surface area is 128 Å². The molecule has 0 radical (unpaired) electrons. The summed E-state index contributed by atoms with van der Waals surface area (Å²) in [5.74, 6) is -1.28. The lowest BCUT2D eigenvalue weighted by Crippen LogP contribution is -2.06. The highest BCUT2D eigenvalue weighted by atomic mass is 16.6. The largest absolute Gasteiger partial charge is 0.481 e. The third kappa shape index (κ3) is 6.83. The SMILES string of the molecule is O=C(O)CCCCCCCOC(=O)c1ccc([N+](=O)[O-])cc1. The zero-order valence-corrected chi connectivity index (χ0v) is 12.2. The van der Waals surface area contributed by atoms with Gasteiger partial charge in [-0.3, -0.25) is 14.9 Å². The number of nitrogens with zero attached hydrogens (tertiary/aromatic N) is 1. The van der Waals surface area contributed by atoms with E-state index in [2.05, 4.69) is 0 Å². The molecule has 0 aliphatic heterocycles. The van der Waals surface area contributed by atoms with Crippen molar-refractivity contribution < 1.29 is 24.4 Å². The van der Waals surface area contributed by atoms with Gasteiger partial charge in [-0.05, 0) is 25.0 Å². The summed E-state index contributed by atoms with van der Waals surface area (Å²) in [5, 5.41) is 19.0. The van der Waals surface area contributed by atoms with Crippen LogP contribution in [0.5, 0.6) is 0 Å². The van der Waals surface area contributed by atoms with Crippen LogP contribution in [-0.4, -0.2) is 28.6 Å². The molecule has 22 heavy (non-hydrogen) atoms. The van der Waals surface area contributed by atoms with Gasteiger partial charge in [-0.2, -0.15) is 0 Å². The van der Waals surface area contributed by atoms with Crippen molar-refractivity contribution in [3.63, 3.8) is 0 Å². The molecule has 7 nitrogen and oxygen atoms in total. The van der Waals surface area contributed by atoms with E-state index in [0.717, 1.165) is 19.3 Å². The van der Waals surface area contributed by atoms with Crippen LogP contribution in [0.1, 0.15) is 48.9 Å². The summed E-state index contributed by atoms with van der Waals surface area (Å²) in [6.07, 6.45) is 4.19. The number of rotatable bonds is 10. The average molecular weight is 309 g/mol. The first-order valence-electron chi connectivity index (χ1n) is 7.14. The van der Waals surface area contributed by atoms with Gasteiger partial charge >= 0.3 is 11.9 Å². The molecule has 1 rings (SSSR count). The Morgan fingerprint density at radius 1 is 1.05 bits per heavy atom. The van der Waals surface area contributed by atoms with Gasteiger partial charge in [-0.25, -0.2) is 4.79 Å². The molecule has 0 spiro atoms. The minimum atomic E-state index is -0.781. The molecule has 0 heterocycles. The normalized spacial score (nSPS) is 10.2. The number of nitro groups is 1. The minimum absolute atomic E-state index is 0.0714. The van der Waals surface area contributed by atoms with E-state index in [-0.39, 0.29) is 24.3 Å². The van der Waals surface area contributed by atoms with Gasteiger partial charge in [-0.1, -0.05) is 19.3 Å². The van der Waals surface area contributed by atoms with E-state index in [0.29, 0.717) is 12.8 Å². The van der Waals surface area contributed by atoms with Crippen molar-refractivity contribution in [2.45, 2.75) is 38.5 Å². The zero-order valence-electron chi connectivity index (χ0n) is 12.2. The Morgan fingerprint density at radius 2 is 1.64 bits per heavy atom. The second-order valence-corrected chi connectivity index (χ2v) is 4.85. The van der Waals surface area contributed by atoms with Crippen molar-refractivity contribution in [1.82, 2.24) is 0 Å². The number of carbonyl (C=O) groups is 2. The molecule has 0 fully saturated rings. The third-order valence-electron chi connectivity index (χ3n) is 3.08. The zero-order chi connectivity index (χ0) is 16.4. The summed E-state index contributed by atoms with van der Waals surface area (Å²) >= 11 is 0. The highest BCUT2D eigenvalue weighted by Gasteiger charge is 2.10. The van der Waals surface area contributed by atoms with Gasteiger partial charge in [0.1, 0.15) is 0 Å². The number of carbonyl (C=O) groups excluding carboxylic acids is 1. The molecule has 1 N–H and O–H groups in total. The van der Waals surface area contributed by atoms with E-state index in [1.807, 2.05) is 0 Å². The van der Waals surface area contributed by atoms with Crippen molar-refractivity contribution in [3.8, 4) is 0 Å². The molecule has 1 aromatic rings. The first-order valence-corrected chi connectivity index (χ1v) is 7.14. The number of hydrogen-bond acceptors (Lipinski definition) is 5. The first-order chi connectivity index (χ1) is 10.5. The quantitative estimate of drug-likeness (QED) is 0.308. The molecule has 0 saturated heterocycles. The van der Waals surface area contributed by atoms with E-state index in [9.17, 15) is 19.7 Å². The number of unbranched alkanes of at least 4 members (excludes halogenated alkanes) is 4. The Morgan fingerprint density at radius 3 is 2.23 bits per heavy atom. The predicted molar refractivity (Wildman–Crippen MR) is 78.7 cm³/mol. The van der Waals surface area contributed by atoms with Crippen molar-refractivity contribution in [2.75, 3.05) is 6.61 Å². The lowest BCUT2D eigenvalue weighted by Gasteiger charge is -2.04. The smallest absolute Gasteiger partial charge is 0.338 e. The molecule has 0 saturated carbocycles. The van der Waals surface area contributed by atoms with Crippen LogP contribution in [0.4, 0.5) is 5.69 Å². The summed E-state index contributed by atoms with van der Waals surface area (Å²) < 4.78 is 5.07. The number of ether oxygens (including phenoxy) is 1. The molecule has 0 aliphatic rings. The van der Waals surface area contributed by atoms with Gasteiger partial charge in [0, 0.05) is 18.6 Å². The molecular weight excluding hydrogens is 290 g/mol. The summed E-state index contributed by atoms with van der Waals surface area (Å²) in [4.78, 5) is 32.0. The van der Waals surface area contributed by atoms with Gasteiger partial charge in [0.2, 0.25) is 0 Å². The fraction of sp³-hybridized carbons (Fsp3) is 0.467. The van der Waals surface area contributed by atoms with Gasteiger partial charge < -0.3 is 9.84 Å². The molecule has 0 bridgehead atoms. The van der Waals surface area contributed by atoms with Crippen LogP contribution in [0.15, 0.2) is 24.3 Å². The molecule has 1 aromatic carbocycles. The maximum absolute atomic E-state index is 11.7. The van der Waals surface area contributed by atoms with Crippen molar-refractivity contribution in [2.24, 2.45) is 0 Å². The molecule has 0 aliphatic carbocycles. The second kappa shape index (κ2) is 9.49. The number of carboxylic acid groups (broad SMARTS) is 1. The highest BCUT2D eigenvalue weighted by Crippen LogP contribution is 2.13. The van der Waals surface area contributed by atoms with Crippen LogP contribution in [0.2, 0.25) is 0 Å². The number of esters is 1. The Balaban J connectivity index is 2.15. The van der Waals surface area contributed by atoms with Crippen LogP contribution in [0.3, 0.4) is 0 Å². The van der Waals surface area contributed by atoms with Crippen LogP contribution in [-0.2, 0) is 9.53 Å². The maximum atomic E-state index is 11.7. The fourth-order valence-electron chi connectivity index (χ4n) is 1.88. The van der Waals surface area contributed by atoms with Gasteiger partial charge in [0.25, 0.3) is 5.69 Å². The predicted octanol–water partition coefficient (Wildman–Crippen LogP) is 3.18. The van der Waals surface area contributed by atoms with Gasteiger partial charge in [-0.15, -0.1) is 0 Å². The van der Waals surface area contributed by atoms with Crippen molar-refractivity contribution in [3.05, 3.63) is 39.9 Å². The van der Waals surface area contributed by atoms with E-state index in [1.165, 1.54) is 24.3 Å². The minimum Gasteiger partial charge on any atom is -0.481 e. The van der Waals surface area contributed by atoms with Crippen molar-refractivity contribution >= 4 is 17.6 Å². The first kappa shape index (κ1) is 17.6. The number of non-ortho nitro benzene ring substituents is 1. The van der Waals surface area contributed by atoms with E-state index < -0.39 is 16.9 Å². The number of aliphatic carboxylic acids is 1. The second-order valence-electron chi connectivity index (χ2n) is 4.85. The standard InChI is InChI=1S/C15H19NO6/c17-14(18)6-4-2-1-3-5-11-22-15(19)12-7-9-13(10-8-12)16(20)21/h7-10H,1-6,11H2,(H,17,18). The number of carboxylic acids is 1. The average Bonchev–Trinajstić information content (AvgIpc) is 2.49. The molecule has 0 aromatic heterocycles. The third-order valence-corrected chi connectivity index (χ3v) is 3.08. The van der Waals surface area contributed by atoms with Gasteiger partial charge in [0.15, 0.2) is 0 Å². The topological polar surface area (TPSA) is 107 Å². The number of hydrogen-bond donors (Lipinski definition) is 1. The van der Waals surface area contributed by atoms with Crippen LogP contribution < -0.4 is 0 Å². The lowest BCUT2D eigenvalue weighted by molar-refractivity contribution is -0.384. The van der Waals surface area contributed by atoms with Crippen LogP contribution >= 0.6 is 0 Å². The van der Waals surface area contributed by atoms with E-state index >= 15 is 0 Å². The van der Waals surface area contributed by atoms with Crippen LogP contribution in [0.25, 0.3) is 0 Å². The summed E-state index contributed by atoms with van der Waals surface area (Å²) in [6.45, 7) is 0.286. The highest BCUT2D eigenvalue weighted by molar-refractivity contribution is 5.89. The van der Waals surface area contributed by atoms with Crippen molar-refractivity contribution in [1.29, 1.82) is 0 Å². The Kier molecular flexibility index (Phi) is 7.60. The maximum Gasteiger partial charge on any atom is 0.338 e. The number of nitro benzene ring substituents is 1. The molecule has 120 valence electrons. The molecular formula is C15H19NO6. The Bertz CT molecular complexity index is 511. The van der Waals surface area contributed by atoms with Gasteiger partial charge in [0.05, 0.1) is 17.1 Å². The monoisotopic (exact) mass is 309 g/mol. The molecule has 0 amide bonds. The number of benzene rings is 1. The molecule has 0 atom stereocenters. The molecule has 0 unspecified atom stereocenters. The van der Waals surface area contributed by atoms with E-state index in [4.69, 9.17) is 9.84 Å². The fourth-order valence-corrected chi connectivity index (χ4v) is 1.88. The summed E-state index contributed by atoms with van der Waals surface area (Å²) in [7, 11) is 0. The summed E-state index contributed by atoms with van der Waals surface area (Å²) in [5.41, 5.74) is 0.213. The van der Waals surface area contributed by atoms with Crippen LogP contribution in [0, 0.1) is 10.1 Å². The molecule has 7 heteroatoms.